The molecule has 0 fully saturated rings. The summed E-state index contributed by atoms with van der Waals surface area (Å²) < 4.78 is 10.8. The summed E-state index contributed by atoms with van der Waals surface area (Å²) in [4.78, 5) is 38.0. The van der Waals surface area contributed by atoms with Crippen LogP contribution in [0.25, 0.3) is 11.1 Å². The van der Waals surface area contributed by atoms with Crippen molar-refractivity contribution in [2.45, 2.75) is 37.6 Å². The monoisotopic (exact) mass is 468 g/mol. The molecule has 182 valence electrons. The van der Waals surface area contributed by atoms with Crippen LogP contribution < -0.4 is 5.32 Å². The second kappa shape index (κ2) is 11.2. The molecule has 0 saturated carbocycles. The molecule has 0 aliphatic heterocycles. The Hall–Kier alpha value is -3.39. The number of fused-ring (bicyclic) bond motifs is 3. The first-order valence-electron chi connectivity index (χ1n) is 11.4. The van der Waals surface area contributed by atoms with Gasteiger partial charge >= 0.3 is 12.1 Å². The Labute approximate surface area is 199 Å². The second-order valence-electron chi connectivity index (χ2n) is 8.79. The van der Waals surface area contributed by atoms with Gasteiger partial charge in [-0.1, -0.05) is 48.5 Å². The van der Waals surface area contributed by atoms with Crippen LogP contribution in [0.3, 0.4) is 0 Å². The molecule has 0 aromatic heterocycles. The van der Waals surface area contributed by atoms with E-state index < -0.39 is 17.6 Å². The molecular formula is C26H32N2O6. The smallest absolute Gasteiger partial charge is 0.408 e. The van der Waals surface area contributed by atoms with Crippen LogP contribution in [-0.4, -0.2) is 67.4 Å². The number of carbonyl (C=O) groups excluding carboxylic acids is 2. The van der Waals surface area contributed by atoms with Crippen LogP contribution in [0, 0.1) is 0 Å². The van der Waals surface area contributed by atoms with Crippen LogP contribution in [0.1, 0.15) is 43.2 Å². The van der Waals surface area contributed by atoms with Gasteiger partial charge in [0, 0.05) is 33.0 Å². The normalized spacial score (nSPS) is 14.0. The first-order chi connectivity index (χ1) is 16.3. The minimum atomic E-state index is -1.32. The second-order valence-corrected chi connectivity index (χ2v) is 8.79. The van der Waals surface area contributed by atoms with Gasteiger partial charge in [-0.2, -0.15) is 0 Å². The molecule has 8 nitrogen and oxygen atoms in total. The molecule has 1 aliphatic rings. The molecule has 1 aliphatic carbocycles. The SMILES string of the molecule is COCC(C)(NC(=O)OCC1c2ccccc2-c2ccccc21)C(=O)N(C)CCCCC(=O)O. The topological polar surface area (TPSA) is 105 Å². The summed E-state index contributed by atoms with van der Waals surface area (Å²) in [6.45, 7) is 2.07. The van der Waals surface area contributed by atoms with Crippen LogP contribution in [0.2, 0.25) is 0 Å². The number of hydrogen-bond acceptors (Lipinski definition) is 5. The van der Waals surface area contributed by atoms with Crippen molar-refractivity contribution in [2.75, 3.05) is 33.9 Å². The lowest BCUT2D eigenvalue weighted by molar-refractivity contribution is -0.138. The average Bonchev–Trinajstić information content (AvgIpc) is 3.13. The van der Waals surface area contributed by atoms with E-state index in [1.165, 1.54) is 12.0 Å². The number of alkyl carbamates (subject to hydrolysis) is 1. The molecule has 2 amide bonds. The van der Waals surface area contributed by atoms with E-state index in [1.807, 2.05) is 36.4 Å². The number of rotatable bonds is 11. The summed E-state index contributed by atoms with van der Waals surface area (Å²) in [5.74, 6) is -1.28. The molecule has 1 atom stereocenters. The highest BCUT2D eigenvalue weighted by Crippen LogP contribution is 2.44. The predicted octanol–water partition coefficient (Wildman–Crippen LogP) is 3.64. The van der Waals surface area contributed by atoms with E-state index in [2.05, 4.69) is 17.4 Å². The third-order valence-corrected chi connectivity index (χ3v) is 6.11. The maximum atomic E-state index is 13.1. The summed E-state index contributed by atoms with van der Waals surface area (Å²) in [7, 11) is 3.08. The van der Waals surface area contributed by atoms with Gasteiger partial charge in [0.1, 0.15) is 12.1 Å². The third kappa shape index (κ3) is 5.75. The number of carbonyl (C=O) groups is 3. The molecule has 0 radical (unpaired) electrons. The van der Waals surface area contributed by atoms with Gasteiger partial charge in [0.2, 0.25) is 5.91 Å². The Kier molecular flexibility index (Phi) is 8.28. The fourth-order valence-electron chi connectivity index (χ4n) is 4.45. The maximum Gasteiger partial charge on any atom is 0.408 e. The number of unbranched alkanes of at least 4 members (excludes halogenated alkanes) is 1. The standard InChI is InChI=1S/C26H32N2O6/c1-26(17-33-3,24(31)28(2)15-9-8-14-23(29)30)27-25(32)34-16-22-20-12-6-4-10-18(20)19-11-5-7-13-21(19)22/h4-7,10-13,22H,8-9,14-17H2,1-3H3,(H,27,32)(H,29,30). The molecule has 0 saturated heterocycles. The Morgan fingerprint density at radius 2 is 1.62 bits per heavy atom. The number of methoxy groups -OCH3 is 1. The van der Waals surface area contributed by atoms with E-state index in [9.17, 15) is 14.4 Å². The van der Waals surface area contributed by atoms with E-state index in [0.29, 0.717) is 19.4 Å². The van der Waals surface area contributed by atoms with Gasteiger partial charge in [0.15, 0.2) is 0 Å². The van der Waals surface area contributed by atoms with Gasteiger partial charge in [-0.25, -0.2) is 4.79 Å². The lowest BCUT2D eigenvalue weighted by Crippen LogP contribution is -2.60. The van der Waals surface area contributed by atoms with Crippen LogP contribution in [0.15, 0.2) is 48.5 Å². The van der Waals surface area contributed by atoms with Crippen molar-refractivity contribution in [3.63, 3.8) is 0 Å². The number of benzene rings is 2. The zero-order chi connectivity index (χ0) is 24.7. The number of amides is 2. The van der Waals surface area contributed by atoms with E-state index in [0.717, 1.165) is 22.3 Å². The van der Waals surface area contributed by atoms with Crippen molar-refractivity contribution in [3.8, 4) is 11.1 Å². The van der Waals surface area contributed by atoms with Crippen molar-refractivity contribution < 1.29 is 29.0 Å². The van der Waals surface area contributed by atoms with Crippen LogP contribution >= 0.6 is 0 Å². The van der Waals surface area contributed by atoms with Crippen molar-refractivity contribution in [1.29, 1.82) is 0 Å². The summed E-state index contributed by atoms with van der Waals surface area (Å²) in [5, 5.41) is 11.4. The van der Waals surface area contributed by atoms with Crippen LogP contribution in [0.4, 0.5) is 4.79 Å². The summed E-state index contributed by atoms with van der Waals surface area (Å²) >= 11 is 0. The van der Waals surface area contributed by atoms with Crippen molar-refractivity contribution >= 4 is 18.0 Å². The molecule has 0 bridgehead atoms. The van der Waals surface area contributed by atoms with E-state index in [1.54, 1.807) is 14.0 Å². The fourth-order valence-corrected chi connectivity index (χ4v) is 4.45. The van der Waals surface area contributed by atoms with E-state index in [4.69, 9.17) is 14.6 Å². The number of likely N-dealkylation sites (N-methyl/N-ethyl adjacent to an activating group) is 1. The Balaban J connectivity index is 1.62. The highest BCUT2D eigenvalue weighted by atomic mass is 16.5. The van der Waals surface area contributed by atoms with Crippen LogP contribution in [-0.2, 0) is 19.1 Å². The predicted molar refractivity (Wildman–Crippen MR) is 128 cm³/mol. The van der Waals surface area contributed by atoms with Crippen molar-refractivity contribution in [2.24, 2.45) is 0 Å². The quantitative estimate of drug-likeness (QED) is 0.488. The number of ether oxygens (including phenoxy) is 2. The highest BCUT2D eigenvalue weighted by Gasteiger charge is 2.38. The Bertz CT molecular complexity index is 994. The first kappa shape index (κ1) is 25.2. The lowest BCUT2D eigenvalue weighted by Gasteiger charge is -2.32. The molecule has 2 N–H and O–H groups in total. The van der Waals surface area contributed by atoms with Gasteiger partial charge in [-0.05, 0) is 42.0 Å². The van der Waals surface area contributed by atoms with Gasteiger partial charge in [0.25, 0.3) is 0 Å². The maximum absolute atomic E-state index is 13.1. The fraction of sp³-hybridized carbons (Fsp3) is 0.423. The molecule has 8 heteroatoms. The molecule has 3 rings (SSSR count). The first-order valence-corrected chi connectivity index (χ1v) is 11.4. The molecular weight excluding hydrogens is 436 g/mol. The number of hydrogen-bond donors (Lipinski definition) is 2. The molecule has 0 spiro atoms. The zero-order valence-corrected chi connectivity index (χ0v) is 19.9. The number of carboxylic acid groups (broad SMARTS) is 1. The molecule has 2 aromatic carbocycles. The molecule has 2 aromatic rings. The molecule has 1 unspecified atom stereocenters. The van der Waals surface area contributed by atoms with E-state index in [-0.39, 0.29) is 31.5 Å². The molecule has 0 heterocycles. The van der Waals surface area contributed by atoms with Gasteiger partial charge in [-0.3, -0.25) is 9.59 Å². The Morgan fingerprint density at radius 1 is 1.03 bits per heavy atom. The average molecular weight is 469 g/mol. The highest BCUT2D eigenvalue weighted by molar-refractivity contribution is 5.89. The summed E-state index contributed by atoms with van der Waals surface area (Å²) in [5.41, 5.74) is 3.16. The lowest BCUT2D eigenvalue weighted by atomic mass is 9.98. The zero-order valence-electron chi connectivity index (χ0n) is 19.9. The number of carboxylic acids is 1. The summed E-state index contributed by atoms with van der Waals surface area (Å²) in [6, 6.07) is 16.1. The number of aliphatic carboxylic acids is 1. The van der Waals surface area contributed by atoms with Crippen molar-refractivity contribution in [3.05, 3.63) is 59.7 Å². The van der Waals surface area contributed by atoms with Crippen molar-refractivity contribution in [1.82, 2.24) is 10.2 Å². The third-order valence-electron chi connectivity index (χ3n) is 6.11. The van der Waals surface area contributed by atoms with Gasteiger partial charge in [-0.15, -0.1) is 0 Å². The number of nitrogens with one attached hydrogen (secondary N) is 1. The minimum absolute atomic E-state index is 0.0322. The van der Waals surface area contributed by atoms with Crippen LogP contribution in [0.5, 0.6) is 0 Å². The largest absolute Gasteiger partial charge is 0.481 e. The minimum Gasteiger partial charge on any atom is -0.481 e. The molecule has 34 heavy (non-hydrogen) atoms. The van der Waals surface area contributed by atoms with Gasteiger partial charge < -0.3 is 24.8 Å². The van der Waals surface area contributed by atoms with E-state index >= 15 is 0 Å². The number of nitrogens with zero attached hydrogens (tertiary/aromatic N) is 1. The Morgan fingerprint density at radius 3 is 2.18 bits per heavy atom. The van der Waals surface area contributed by atoms with Gasteiger partial charge in [0.05, 0.1) is 6.61 Å². The summed E-state index contributed by atoms with van der Waals surface area (Å²) in [6.07, 6.45) is 0.361.